The number of rotatable bonds is 13. The van der Waals surface area contributed by atoms with Crippen LogP contribution in [0.5, 0.6) is 0 Å². The molecular weight excluding hydrogens is 540 g/mol. The van der Waals surface area contributed by atoms with Gasteiger partial charge < -0.3 is 25.4 Å². The fourth-order valence-corrected chi connectivity index (χ4v) is 5.32. The van der Waals surface area contributed by atoms with Crippen LogP contribution in [0.1, 0.15) is 22.3 Å². The summed E-state index contributed by atoms with van der Waals surface area (Å²) in [5, 5.41) is 10.2. The number of aliphatic hydroxyl groups excluding tert-OH is 1. The number of thioether (sulfide) groups is 1. The third-order valence-electron chi connectivity index (χ3n) is 6.64. The van der Waals surface area contributed by atoms with E-state index in [1.54, 1.807) is 24.3 Å². The predicted molar refractivity (Wildman–Crippen MR) is 155 cm³/mol. The molecule has 1 heterocycles. The first-order valence-corrected chi connectivity index (χ1v) is 14.5. The van der Waals surface area contributed by atoms with E-state index in [4.69, 9.17) is 17.3 Å². The molecule has 1 fully saturated rings. The van der Waals surface area contributed by atoms with Crippen molar-refractivity contribution in [2.24, 2.45) is 5.73 Å². The molecule has 39 heavy (non-hydrogen) atoms. The van der Waals surface area contributed by atoms with Crippen LogP contribution in [0.2, 0.25) is 5.02 Å². The average Bonchev–Trinajstić information content (AvgIpc) is 2.97. The van der Waals surface area contributed by atoms with Gasteiger partial charge in [0.2, 0.25) is 5.91 Å². The van der Waals surface area contributed by atoms with Gasteiger partial charge in [0.25, 0.3) is 5.91 Å². The van der Waals surface area contributed by atoms with Gasteiger partial charge in [0.05, 0.1) is 19.5 Å². The van der Waals surface area contributed by atoms with E-state index in [9.17, 15) is 19.5 Å². The van der Waals surface area contributed by atoms with Crippen LogP contribution in [-0.2, 0) is 20.7 Å². The molecule has 1 atom stereocenters. The highest BCUT2D eigenvalue weighted by atomic mass is 35.5. The van der Waals surface area contributed by atoms with Gasteiger partial charge >= 0.3 is 5.97 Å². The second-order valence-electron chi connectivity index (χ2n) is 9.30. The summed E-state index contributed by atoms with van der Waals surface area (Å²) in [7, 11) is 1.29. The van der Waals surface area contributed by atoms with Crippen molar-refractivity contribution in [1.29, 1.82) is 0 Å². The van der Waals surface area contributed by atoms with E-state index in [2.05, 4.69) is 9.64 Å². The maximum absolute atomic E-state index is 13.1. The van der Waals surface area contributed by atoms with Gasteiger partial charge in [0, 0.05) is 55.5 Å². The van der Waals surface area contributed by atoms with Crippen molar-refractivity contribution in [2.45, 2.75) is 18.9 Å². The first-order chi connectivity index (χ1) is 18.8. The number of aliphatic hydroxyl groups is 1. The molecule has 212 valence electrons. The monoisotopic (exact) mass is 576 g/mol. The van der Waals surface area contributed by atoms with Crippen LogP contribution in [0.3, 0.4) is 0 Å². The highest BCUT2D eigenvalue weighted by Gasteiger charge is 2.23. The molecular formula is C28H37ClN4O5S. The Morgan fingerprint density at radius 1 is 1.08 bits per heavy atom. The molecule has 0 saturated carbocycles. The first kappa shape index (κ1) is 30.9. The third-order valence-corrected chi connectivity index (χ3v) is 7.87. The summed E-state index contributed by atoms with van der Waals surface area (Å²) >= 11 is 7.33. The molecule has 2 aromatic rings. The Morgan fingerprint density at radius 2 is 1.74 bits per heavy atom. The maximum Gasteiger partial charge on any atom is 0.322 e. The van der Waals surface area contributed by atoms with E-state index in [0.29, 0.717) is 36.5 Å². The standard InChI is InChI=1S/C28H37ClN4O5S/c1-38-28(37)25(30)11-19-39-20-26(35)33(17-18-34)24-8-4-22(5-9-24)27(36)32-15-13-31(14-16-32)12-10-21-2-6-23(29)7-3-21/h2-9,25,34H,10-20,30H2,1H3. The molecule has 1 saturated heterocycles. The van der Waals surface area contributed by atoms with Crippen molar-refractivity contribution >= 4 is 46.8 Å². The highest BCUT2D eigenvalue weighted by molar-refractivity contribution is 7.99. The summed E-state index contributed by atoms with van der Waals surface area (Å²) in [4.78, 5) is 43.0. The van der Waals surface area contributed by atoms with E-state index in [1.807, 2.05) is 29.2 Å². The molecule has 0 radical (unpaired) electrons. The molecule has 0 aromatic heterocycles. The number of methoxy groups -OCH3 is 1. The molecule has 3 N–H and O–H groups in total. The molecule has 3 rings (SSSR count). The number of carbonyl (C=O) groups excluding carboxylic acids is 3. The van der Waals surface area contributed by atoms with Gasteiger partial charge in [0.15, 0.2) is 0 Å². The Morgan fingerprint density at radius 3 is 2.36 bits per heavy atom. The smallest absolute Gasteiger partial charge is 0.322 e. The van der Waals surface area contributed by atoms with Gasteiger partial charge in [-0.05, 0) is 60.6 Å². The molecule has 1 aliphatic rings. The average molecular weight is 577 g/mol. The number of amides is 2. The lowest BCUT2D eigenvalue weighted by Gasteiger charge is -2.35. The van der Waals surface area contributed by atoms with Crippen molar-refractivity contribution in [2.75, 3.05) is 69.4 Å². The van der Waals surface area contributed by atoms with Crippen LogP contribution in [0.4, 0.5) is 5.69 Å². The number of nitrogens with two attached hydrogens (primary N) is 1. The lowest BCUT2D eigenvalue weighted by Crippen LogP contribution is -2.49. The van der Waals surface area contributed by atoms with Crippen LogP contribution < -0.4 is 10.6 Å². The lowest BCUT2D eigenvalue weighted by molar-refractivity contribution is -0.142. The van der Waals surface area contributed by atoms with E-state index in [-0.39, 0.29) is 30.7 Å². The second kappa shape index (κ2) is 15.8. The van der Waals surface area contributed by atoms with E-state index in [1.165, 1.54) is 29.3 Å². The summed E-state index contributed by atoms with van der Waals surface area (Å²) < 4.78 is 4.61. The highest BCUT2D eigenvalue weighted by Crippen LogP contribution is 2.19. The second-order valence-corrected chi connectivity index (χ2v) is 10.8. The number of anilines is 1. The van der Waals surface area contributed by atoms with Crippen LogP contribution in [0.15, 0.2) is 48.5 Å². The van der Waals surface area contributed by atoms with Crippen LogP contribution in [0, 0.1) is 0 Å². The Hall–Kier alpha value is -2.63. The topological polar surface area (TPSA) is 116 Å². The van der Waals surface area contributed by atoms with E-state index >= 15 is 0 Å². The van der Waals surface area contributed by atoms with Gasteiger partial charge in [-0.3, -0.25) is 19.3 Å². The minimum Gasteiger partial charge on any atom is -0.468 e. The number of piperazine rings is 1. The summed E-state index contributed by atoms with van der Waals surface area (Å²) in [5.74, 6) is 0.0219. The zero-order chi connectivity index (χ0) is 28.2. The molecule has 9 nitrogen and oxygen atoms in total. The zero-order valence-corrected chi connectivity index (χ0v) is 23.8. The van der Waals surface area contributed by atoms with Gasteiger partial charge in [-0.2, -0.15) is 11.8 Å². The fourth-order valence-electron chi connectivity index (χ4n) is 4.29. The quantitative estimate of drug-likeness (QED) is 0.276. The SMILES string of the molecule is COC(=O)C(N)CCSCC(=O)N(CCO)c1ccc(C(=O)N2CCN(CCc3ccc(Cl)cc3)CC2)cc1. The minimum absolute atomic E-state index is 0.0311. The number of halogens is 1. The van der Waals surface area contributed by atoms with Crippen molar-refractivity contribution in [1.82, 2.24) is 9.80 Å². The number of hydrogen-bond acceptors (Lipinski definition) is 8. The fraction of sp³-hybridized carbons (Fsp3) is 0.464. The molecule has 1 unspecified atom stereocenters. The Bertz CT molecular complexity index is 1080. The summed E-state index contributed by atoms with van der Waals surface area (Å²) in [5.41, 5.74) is 8.15. The van der Waals surface area contributed by atoms with E-state index < -0.39 is 12.0 Å². The van der Waals surface area contributed by atoms with Crippen molar-refractivity contribution in [3.8, 4) is 0 Å². The molecule has 11 heteroatoms. The van der Waals surface area contributed by atoms with Gasteiger partial charge in [-0.25, -0.2) is 0 Å². The van der Waals surface area contributed by atoms with Crippen molar-refractivity contribution in [3.05, 3.63) is 64.7 Å². The summed E-state index contributed by atoms with van der Waals surface area (Å²) in [6.45, 7) is 3.85. The number of esters is 1. The van der Waals surface area contributed by atoms with E-state index in [0.717, 1.165) is 31.1 Å². The van der Waals surface area contributed by atoms with Crippen LogP contribution in [-0.4, -0.2) is 103 Å². The van der Waals surface area contributed by atoms with Gasteiger partial charge in [-0.15, -0.1) is 0 Å². The Balaban J connectivity index is 1.47. The largest absolute Gasteiger partial charge is 0.468 e. The molecule has 1 aliphatic heterocycles. The van der Waals surface area contributed by atoms with Crippen LogP contribution in [0.25, 0.3) is 0 Å². The Labute approximate surface area is 239 Å². The van der Waals surface area contributed by atoms with Gasteiger partial charge in [0.1, 0.15) is 6.04 Å². The van der Waals surface area contributed by atoms with Crippen LogP contribution >= 0.6 is 23.4 Å². The number of carbonyl (C=O) groups is 3. The van der Waals surface area contributed by atoms with Gasteiger partial charge in [-0.1, -0.05) is 23.7 Å². The third kappa shape index (κ3) is 9.51. The molecule has 0 spiro atoms. The molecule has 2 aromatic carbocycles. The molecule has 2 amide bonds. The number of hydrogen-bond donors (Lipinski definition) is 2. The Kier molecular flexibility index (Phi) is 12.5. The molecule has 0 aliphatic carbocycles. The number of ether oxygens (including phenoxy) is 1. The summed E-state index contributed by atoms with van der Waals surface area (Å²) in [6.07, 6.45) is 1.34. The van der Waals surface area contributed by atoms with Crippen molar-refractivity contribution < 1.29 is 24.2 Å². The minimum atomic E-state index is -0.714. The van der Waals surface area contributed by atoms with Crippen molar-refractivity contribution in [3.63, 3.8) is 0 Å². The zero-order valence-electron chi connectivity index (χ0n) is 22.3. The first-order valence-electron chi connectivity index (χ1n) is 13.0. The predicted octanol–water partition coefficient (Wildman–Crippen LogP) is 2.29. The number of benzene rings is 2. The summed E-state index contributed by atoms with van der Waals surface area (Å²) in [6, 6.07) is 14.1. The number of nitrogens with zero attached hydrogens (tertiary/aromatic N) is 3. The maximum atomic E-state index is 13.1. The normalized spacial score (nSPS) is 14.6. The molecule has 0 bridgehead atoms. The lowest BCUT2D eigenvalue weighted by atomic mass is 10.1.